The minimum Gasteiger partial charge on any atom is -0.496 e. The largest absolute Gasteiger partial charge is 0.496 e. The highest BCUT2D eigenvalue weighted by Crippen LogP contribution is 2.22. The van der Waals surface area contributed by atoms with Crippen LogP contribution in [-0.2, 0) is 6.54 Å². The average Bonchev–Trinajstić information content (AvgIpc) is 2.96. The fourth-order valence-corrected chi connectivity index (χ4v) is 2.40. The summed E-state index contributed by atoms with van der Waals surface area (Å²) >= 11 is 0. The van der Waals surface area contributed by atoms with E-state index in [0.29, 0.717) is 22.4 Å². The second-order valence-electron chi connectivity index (χ2n) is 5.42. The molecule has 0 saturated carbocycles. The van der Waals surface area contributed by atoms with Gasteiger partial charge in [-0.2, -0.15) is 4.68 Å². The van der Waals surface area contributed by atoms with Gasteiger partial charge in [0.1, 0.15) is 11.6 Å². The van der Waals surface area contributed by atoms with Crippen molar-refractivity contribution in [2.45, 2.75) is 13.5 Å². The van der Waals surface area contributed by atoms with Gasteiger partial charge in [0.2, 0.25) is 5.89 Å². The van der Waals surface area contributed by atoms with Crippen LogP contribution < -0.4 is 10.5 Å². The number of aromatic nitrogens is 2. The van der Waals surface area contributed by atoms with Crippen molar-refractivity contribution in [1.82, 2.24) is 9.78 Å². The third kappa shape index (κ3) is 3.50. The Kier molecular flexibility index (Phi) is 4.47. The predicted molar refractivity (Wildman–Crippen MR) is 88.3 cm³/mol. The molecule has 0 aliphatic heterocycles. The quantitative estimate of drug-likeness (QED) is 0.667. The molecule has 128 valence electrons. The first-order valence-corrected chi connectivity index (χ1v) is 7.49. The Morgan fingerprint density at radius 1 is 1.24 bits per heavy atom. The lowest BCUT2D eigenvalue weighted by molar-refractivity contribution is 0.101. The normalized spacial score (nSPS) is 10.7. The van der Waals surface area contributed by atoms with Crippen molar-refractivity contribution in [2.75, 3.05) is 7.11 Å². The van der Waals surface area contributed by atoms with Gasteiger partial charge in [0.15, 0.2) is 5.78 Å². The lowest BCUT2D eigenvalue weighted by atomic mass is 10.1. The number of halogens is 1. The minimum atomic E-state index is -0.658. The number of benzene rings is 2. The summed E-state index contributed by atoms with van der Waals surface area (Å²) in [4.78, 5) is 23.6. The topological polar surface area (TPSA) is 74.3 Å². The molecule has 0 radical (unpaired) electrons. The molecule has 2 aromatic carbocycles. The number of carbonyl (C=O) groups is 1. The van der Waals surface area contributed by atoms with Crippen LogP contribution in [0, 0.1) is 5.82 Å². The molecular weight excluding hydrogens is 327 g/mol. The van der Waals surface area contributed by atoms with Gasteiger partial charge < -0.3 is 9.15 Å². The number of ether oxygens (including phenoxy) is 1. The highest BCUT2D eigenvalue weighted by Gasteiger charge is 2.14. The van der Waals surface area contributed by atoms with Crippen LogP contribution in [0.25, 0.3) is 11.5 Å². The highest BCUT2D eigenvalue weighted by atomic mass is 19.1. The number of hydrogen-bond donors (Lipinski definition) is 0. The Labute approximate surface area is 142 Å². The zero-order valence-electron chi connectivity index (χ0n) is 13.7. The molecule has 7 heteroatoms. The molecule has 3 aromatic rings. The first-order valence-electron chi connectivity index (χ1n) is 7.49. The molecule has 0 spiro atoms. The van der Waals surface area contributed by atoms with Gasteiger partial charge in [0.25, 0.3) is 0 Å². The Morgan fingerprint density at radius 2 is 1.96 bits per heavy atom. The number of methoxy groups -OCH3 is 1. The molecule has 0 saturated heterocycles. The summed E-state index contributed by atoms with van der Waals surface area (Å²) in [6.07, 6.45) is 0. The molecule has 0 aliphatic carbocycles. The van der Waals surface area contributed by atoms with Gasteiger partial charge in [-0.25, -0.2) is 9.18 Å². The summed E-state index contributed by atoms with van der Waals surface area (Å²) < 4.78 is 24.5. The van der Waals surface area contributed by atoms with E-state index >= 15 is 0 Å². The van der Waals surface area contributed by atoms with Crippen LogP contribution in [0.1, 0.15) is 22.8 Å². The summed E-state index contributed by atoms with van der Waals surface area (Å²) in [7, 11) is 1.50. The summed E-state index contributed by atoms with van der Waals surface area (Å²) in [6, 6.07) is 10.4. The second kappa shape index (κ2) is 6.72. The van der Waals surface area contributed by atoms with E-state index in [1.165, 1.54) is 38.3 Å². The molecule has 25 heavy (non-hydrogen) atoms. The van der Waals surface area contributed by atoms with E-state index in [2.05, 4.69) is 5.10 Å². The zero-order chi connectivity index (χ0) is 18.0. The van der Waals surface area contributed by atoms with Crippen molar-refractivity contribution < 1.29 is 18.3 Å². The Morgan fingerprint density at radius 3 is 2.60 bits per heavy atom. The molecule has 0 unspecified atom stereocenters. The van der Waals surface area contributed by atoms with E-state index in [0.717, 1.165) is 4.68 Å². The Balaban J connectivity index is 1.96. The summed E-state index contributed by atoms with van der Waals surface area (Å²) in [6.45, 7) is 1.54. The maximum absolute atomic E-state index is 13.0. The molecule has 3 rings (SSSR count). The highest BCUT2D eigenvalue weighted by molar-refractivity contribution is 5.94. The van der Waals surface area contributed by atoms with Crippen molar-refractivity contribution in [3.63, 3.8) is 0 Å². The van der Waals surface area contributed by atoms with Crippen LogP contribution in [0.5, 0.6) is 5.75 Å². The molecule has 1 aromatic heterocycles. The monoisotopic (exact) mass is 342 g/mol. The lowest BCUT2D eigenvalue weighted by Crippen LogP contribution is -2.17. The van der Waals surface area contributed by atoms with Crippen molar-refractivity contribution >= 4 is 5.78 Å². The maximum Gasteiger partial charge on any atom is 0.437 e. The number of hydrogen-bond acceptors (Lipinski definition) is 5. The summed E-state index contributed by atoms with van der Waals surface area (Å²) in [5.41, 5.74) is 1.61. The minimum absolute atomic E-state index is 0.0772. The van der Waals surface area contributed by atoms with Crippen molar-refractivity contribution in [3.8, 4) is 17.2 Å². The van der Waals surface area contributed by atoms with Gasteiger partial charge >= 0.3 is 5.76 Å². The van der Waals surface area contributed by atoms with Crippen LogP contribution in [0.2, 0.25) is 0 Å². The summed E-state index contributed by atoms with van der Waals surface area (Å²) in [5.74, 6) is -0.524. The molecule has 1 heterocycles. The van der Waals surface area contributed by atoms with E-state index in [4.69, 9.17) is 9.15 Å². The third-order valence-electron chi connectivity index (χ3n) is 3.70. The number of Topliss-reactive ketones (excluding diaryl/α,β-unsaturated/α-hetero) is 1. The number of ketones is 1. The van der Waals surface area contributed by atoms with Gasteiger partial charge in [-0.15, -0.1) is 5.10 Å². The van der Waals surface area contributed by atoms with E-state index in [9.17, 15) is 14.0 Å². The van der Waals surface area contributed by atoms with Crippen LogP contribution in [0.3, 0.4) is 0 Å². The van der Waals surface area contributed by atoms with Crippen LogP contribution >= 0.6 is 0 Å². The van der Waals surface area contributed by atoms with Gasteiger partial charge in [-0.05, 0) is 49.4 Å². The van der Waals surface area contributed by atoms with E-state index in [1.807, 2.05) is 0 Å². The van der Waals surface area contributed by atoms with Gasteiger partial charge in [0, 0.05) is 16.7 Å². The van der Waals surface area contributed by atoms with Gasteiger partial charge in [0.05, 0.1) is 13.7 Å². The van der Waals surface area contributed by atoms with E-state index in [1.54, 1.807) is 18.2 Å². The first kappa shape index (κ1) is 16.6. The average molecular weight is 342 g/mol. The van der Waals surface area contributed by atoms with Gasteiger partial charge in [-0.3, -0.25) is 4.79 Å². The third-order valence-corrected chi connectivity index (χ3v) is 3.70. The fraction of sp³-hybridized carbons (Fsp3) is 0.167. The van der Waals surface area contributed by atoms with Crippen LogP contribution in [-0.4, -0.2) is 22.7 Å². The van der Waals surface area contributed by atoms with Crippen molar-refractivity contribution in [2.24, 2.45) is 0 Å². The van der Waals surface area contributed by atoms with Crippen LogP contribution in [0.15, 0.2) is 51.7 Å². The van der Waals surface area contributed by atoms with E-state index in [-0.39, 0.29) is 18.2 Å². The van der Waals surface area contributed by atoms with Crippen molar-refractivity contribution in [1.29, 1.82) is 0 Å². The smallest absolute Gasteiger partial charge is 0.437 e. The lowest BCUT2D eigenvalue weighted by Gasteiger charge is -2.09. The van der Waals surface area contributed by atoms with Crippen molar-refractivity contribution in [3.05, 3.63) is 70.0 Å². The molecule has 0 fully saturated rings. The molecule has 0 N–H and O–H groups in total. The first-order chi connectivity index (χ1) is 12.0. The Hall–Kier alpha value is -3.22. The zero-order valence-corrected chi connectivity index (χ0v) is 13.7. The summed E-state index contributed by atoms with van der Waals surface area (Å²) in [5, 5.41) is 4.13. The molecule has 0 atom stereocenters. The van der Waals surface area contributed by atoms with Gasteiger partial charge in [-0.1, -0.05) is 0 Å². The molecular formula is C18H15FN2O4. The Bertz CT molecular complexity index is 973. The SMILES string of the molecule is COc1ccc(C(C)=O)cc1Cn1nc(-c2ccc(F)cc2)oc1=O. The predicted octanol–water partition coefficient (Wildman–Crippen LogP) is 2.90. The second-order valence-corrected chi connectivity index (χ2v) is 5.42. The molecule has 6 nitrogen and oxygen atoms in total. The molecule has 0 bridgehead atoms. The number of carbonyl (C=O) groups excluding carboxylic acids is 1. The standard InChI is InChI=1S/C18H15FN2O4/c1-11(22)13-5-8-16(24-2)14(9-13)10-21-18(23)25-17(20-21)12-3-6-15(19)7-4-12/h3-9H,10H2,1-2H3. The fourth-order valence-electron chi connectivity index (χ4n) is 2.40. The maximum atomic E-state index is 13.0. The molecule has 0 aliphatic rings. The number of nitrogens with zero attached hydrogens (tertiary/aromatic N) is 2. The molecule has 0 amide bonds. The van der Waals surface area contributed by atoms with Crippen LogP contribution in [0.4, 0.5) is 4.39 Å². The number of rotatable bonds is 5. The van der Waals surface area contributed by atoms with E-state index < -0.39 is 11.6 Å².